The zero-order valence-electron chi connectivity index (χ0n) is 15.6. The molecule has 29 heavy (non-hydrogen) atoms. The van der Waals surface area contributed by atoms with Crippen LogP contribution >= 0.6 is 11.8 Å². The lowest BCUT2D eigenvalue weighted by atomic mass is 10.1. The molecule has 4 nitrogen and oxygen atoms in total. The van der Waals surface area contributed by atoms with Crippen LogP contribution in [-0.2, 0) is 0 Å². The van der Waals surface area contributed by atoms with Crippen molar-refractivity contribution in [3.63, 3.8) is 0 Å². The topological polar surface area (TPSA) is 52.0 Å². The fraction of sp³-hybridized carbons (Fsp3) is 0.0870. The normalized spacial score (nSPS) is 11.0. The van der Waals surface area contributed by atoms with E-state index in [2.05, 4.69) is 4.98 Å². The fourth-order valence-corrected chi connectivity index (χ4v) is 4.02. The molecular weight excluding hydrogens is 387 g/mol. The summed E-state index contributed by atoms with van der Waals surface area (Å²) in [5, 5.41) is 0.897. The first-order valence-corrected chi connectivity index (χ1v) is 10.0. The van der Waals surface area contributed by atoms with Crippen molar-refractivity contribution < 1.29 is 9.18 Å². The molecule has 4 rings (SSSR count). The second-order valence-corrected chi connectivity index (χ2v) is 7.47. The molecular formula is C23H17FN2O2S. The predicted molar refractivity (Wildman–Crippen MR) is 114 cm³/mol. The van der Waals surface area contributed by atoms with Crippen LogP contribution in [0.15, 0.2) is 82.7 Å². The molecule has 0 saturated heterocycles. The molecule has 0 atom stereocenters. The number of aryl methyl sites for hydroxylation is 1. The van der Waals surface area contributed by atoms with E-state index in [9.17, 15) is 14.0 Å². The first-order chi connectivity index (χ1) is 14.1. The molecule has 0 N–H and O–H groups in total. The van der Waals surface area contributed by atoms with E-state index in [-0.39, 0.29) is 22.7 Å². The zero-order valence-corrected chi connectivity index (χ0v) is 16.4. The summed E-state index contributed by atoms with van der Waals surface area (Å²) in [5.41, 5.74) is 2.00. The van der Waals surface area contributed by atoms with E-state index in [0.717, 1.165) is 17.3 Å². The van der Waals surface area contributed by atoms with Crippen molar-refractivity contribution in [2.75, 3.05) is 5.75 Å². The van der Waals surface area contributed by atoms with Gasteiger partial charge in [-0.05, 0) is 42.8 Å². The van der Waals surface area contributed by atoms with Crippen molar-refractivity contribution in [1.29, 1.82) is 0 Å². The Morgan fingerprint density at radius 2 is 1.69 bits per heavy atom. The second-order valence-electron chi connectivity index (χ2n) is 6.53. The lowest BCUT2D eigenvalue weighted by Gasteiger charge is -2.15. The lowest BCUT2D eigenvalue weighted by molar-refractivity contribution is 0.101. The molecule has 0 fully saturated rings. The van der Waals surface area contributed by atoms with Gasteiger partial charge in [-0.2, -0.15) is 0 Å². The Morgan fingerprint density at radius 1 is 1.00 bits per heavy atom. The predicted octanol–water partition coefficient (Wildman–Crippen LogP) is 4.81. The van der Waals surface area contributed by atoms with Crippen molar-refractivity contribution in [1.82, 2.24) is 9.55 Å². The maximum absolute atomic E-state index is 13.9. The van der Waals surface area contributed by atoms with Gasteiger partial charge >= 0.3 is 0 Å². The van der Waals surface area contributed by atoms with Crippen LogP contribution in [0.2, 0.25) is 0 Å². The lowest BCUT2D eigenvalue weighted by Crippen LogP contribution is -2.23. The van der Waals surface area contributed by atoms with Crippen LogP contribution in [-0.4, -0.2) is 21.1 Å². The van der Waals surface area contributed by atoms with E-state index in [1.165, 1.54) is 16.7 Å². The number of benzene rings is 3. The smallest absolute Gasteiger partial charge is 0.266 e. The molecule has 0 saturated carbocycles. The van der Waals surface area contributed by atoms with Crippen molar-refractivity contribution in [3.8, 4) is 5.69 Å². The molecule has 0 aliphatic rings. The monoisotopic (exact) mass is 404 g/mol. The standard InChI is InChI=1S/C23H17FN2O2S/c1-15-8-2-7-13-20(15)26-22(28)17-10-4-6-12-19(17)25-23(26)29-14-21(27)16-9-3-5-11-18(16)24/h2-13H,14H2,1H3. The number of nitrogens with zero attached hydrogens (tertiary/aromatic N) is 2. The molecule has 6 heteroatoms. The molecule has 0 unspecified atom stereocenters. The Hall–Kier alpha value is -3.25. The van der Waals surface area contributed by atoms with Crippen LogP contribution < -0.4 is 5.56 Å². The Balaban J connectivity index is 1.80. The first-order valence-electron chi connectivity index (χ1n) is 9.04. The van der Waals surface area contributed by atoms with E-state index in [1.54, 1.807) is 30.3 Å². The van der Waals surface area contributed by atoms with E-state index in [4.69, 9.17) is 0 Å². The Kier molecular flexibility index (Phi) is 5.27. The summed E-state index contributed by atoms with van der Waals surface area (Å²) >= 11 is 1.13. The summed E-state index contributed by atoms with van der Waals surface area (Å²) in [6, 6.07) is 20.5. The van der Waals surface area contributed by atoms with Gasteiger partial charge in [-0.15, -0.1) is 0 Å². The molecule has 0 bridgehead atoms. The average Bonchev–Trinajstić information content (AvgIpc) is 2.73. The molecule has 4 aromatic rings. The molecule has 1 aromatic heterocycles. The van der Waals surface area contributed by atoms with Gasteiger partial charge in [0, 0.05) is 0 Å². The molecule has 3 aromatic carbocycles. The highest BCUT2D eigenvalue weighted by Gasteiger charge is 2.17. The minimum Gasteiger partial charge on any atom is -0.293 e. The van der Waals surface area contributed by atoms with E-state index in [1.807, 2.05) is 37.3 Å². The Morgan fingerprint density at radius 3 is 2.48 bits per heavy atom. The number of Topliss-reactive ketones (excluding diaryl/α,β-unsaturated/α-hetero) is 1. The van der Waals surface area contributed by atoms with Gasteiger partial charge in [0.2, 0.25) is 0 Å². The van der Waals surface area contributed by atoms with Crippen molar-refractivity contribution in [2.45, 2.75) is 12.1 Å². The van der Waals surface area contributed by atoms with Crippen molar-refractivity contribution >= 4 is 28.4 Å². The summed E-state index contributed by atoms with van der Waals surface area (Å²) in [6.45, 7) is 1.91. The summed E-state index contributed by atoms with van der Waals surface area (Å²) in [6.07, 6.45) is 0. The molecule has 0 aliphatic carbocycles. The number of carbonyl (C=O) groups is 1. The molecule has 144 valence electrons. The van der Waals surface area contributed by atoms with Gasteiger partial charge < -0.3 is 0 Å². The number of fused-ring (bicyclic) bond motifs is 1. The SMILES string of the molecule is Cc1ccccc1-n1c(SCC(=O)c2ccccc2F)nc2ccccc2c1=O. The van der Waals surface area contributed by atoms with Crippen LogP contribution in [0.5, 0.6) is 0 Å². The van der Waals surface area contributed by atoms with Crippen molar-refractivity contribution in [2.24, 2.45) is 0 Å². The number of hydrogen-bond donors (Lipinski definition) is 0. The van der Waals surface area contributed by atoms with Gasteiger partial charge in [0.15, 0.2) is 10.9 Å². The third-order valence-corrected chi connectivity index (χ3v) is 5.55. The van der Waals surface area contributed by atoms with Crippen LogP contribution in [0.1, 0.15) is 15.9 Å². The summed E-state index contributed by atoms with van der Waals surface area (Å²) in [7, 11) is 0. The number of aromatic nitrogens is 2. The van der Waals surface area contributed by atoms with E-state index < -0.39 is 5.82 Å². The summed E-state index contributed by atoms with van der Waals surface area (Å²) in [5.74, 6) is -0.940. The summed E-state index contributed by atoms with van der Waals surface area (Å²) < 4.78 is 15.5. The number of para-hydroxylation sites is 2. The third-order valence-electron chi connectivity index (χ3n) is 4.61. The fourth-order valence-electron chi connectivity index (χ4n) is 3.13. The molecule has 0 amide bonds. The number of ketones is 1. The first kappa shape index (κ1) is 19.1. The third kappa shape index (κ3) is 3.71. The number of thioether (sulfide) groups is 1. The van der Waals surface area contributed by atoms with Gasteiger partial charge in [-0.25, -0.2) is 9.37 Å². The Bertz CT molecular complexity index is 1280. The minimum atomic E-state index is -0.555. The number of hydrogen-bond acceptors (Lipinski definition) is 4. The van der Waals surface area contributed by atoms with Gasteiger partial charge in [0.1, 0.15) is 5.82 Å². The molecule has 0 radical (unpaired) electrons. The highest BCUT2D eigenvalue weighted by Crippen LogP contribution is 2.24. The van der Waals surface area contributed by atoms with Gasteiger partial charge in [-0.3, -0.25) is 14.2 Å². The van der Waals surface area contributed by atoms with Gasteiger partial charge in [-0.1, -0.05) is 54.2 Å². The highest BCUT2D eigenvalue weighted by molar-refractivity contribution is 7.99. The Labute approximate surface area is 171 Å². The molecule has 0 spiro atoms. The average molecular weight is 404 g/mol. The van der Waals surface area contributed by atoms with E-state index in [0.29, 0.717) is 21.7 Å². The van der Waals surface area contributed by atoms with Crippen LogP contribution in [0.3, 0.4) is 0 Å². The number of rotatable bonds is 5. The highest BCUT2D eigenvalue weighted by atomic mass is 32.2. The largest absolute Gasteiger partial charge is 0.293 e. The molecule has 1 heterocycles. The van der Waals surface area contributed by atoms with Gasteiger partial charge in [0.05, 0.1) is 27.9 Å². The number of halogens is 1. The maximum Gasteiger partial charge on any atom is 0.266 e. The van der Waals surface area contributed by atoms with Crippen LogP contribution in [0, 0.1) is 12.7 Å². The van der Waals surface area contributed by atoms with E-state index >= 15 is 0 Å². The van der Waals surface area contributed by atoms with Crippen LogP contribution in [0.4, 0.5) is 4.39 Å². The second kappa shape index (κ2) is 8.01. The molecule has 0 aliphatic heterocycles. The van der Waals surface area contributed by atoms with Crippen molar-refractivity contribution in [3.05, 3.63) is 100 Å². The number of carbonyl (C=O) groups excluding carboxylic acids is 1. The minimum absolute atomic E-state index is 0.0302. The quantitative estimate of drug-likeness (QED) is 0.272. The zero-order chi connectivity index (χ0) is 20.4. The van der Waals surface area contributed by atoms with Gasteiger partial charge in [0.25, 0.3) is 5.56 Å². The summed E-state index contributed by atoms with van der Waals surface area (Å²) in [4.78, 5) is 30.4. The maximum atomic E-state index is 13.9. The van der Waals surface area contributed by atoms with Crippen LogP contribution in [0.25, 0.3) is 16.6 Å².